The summed E-state index contributed by atoms with van der Waals surface area (Å²) in [6, 6.07) is 17.2. The van der Waals surface area contributed by atoms with Crippen LogP contribution in [0.2, 0.25) is 0 Å². The van der Waals surface area contributed by atoms with Gasteiger partial charge in [0.15, 0.2) is 11.6 Å². The van der Waals surface area contributed by atoms with Gasteiger partial charge in [-0.15, -0.1) is 0 Å². The largest absolute Gasteiger partial charge is 0.497 e. The van der Waals surface area contributed by atoms with Crippen LogP contribution < -0.4 is 14.8 Å². The van der Waals surface area contributed by atoms with Crippen LogP contribution in [0.25, 0.3) is 22.6 Å². The number of hydrogen-bond donors (Lipinski definition) is 1. The number of rotatable bonds is 8. The highest BCUT2D eigenvalue weighted by Gasteiger charge is 2.23. The average Bonchev–Trinajstić information content (AvgIpc) is 3.41. The Morgan fingerprint density at radius 2 is 1.79 bits per heavy atom. The summed E-state index contributed by atoms with van der Waals surface area (Å²) in [6.07, 6.45) is 4.66. The number of nitrogens with zero attached hydrogens (tertiary/aromatic N) is 4. The number of aromatic nitrogens is 4. The number of fused-ring (bicyclic) bond motifs is 2. The molecule has 0 aliphatic rings. The van der Waals surface area contributed by atoms with E-state index in [-0.39, 0.29) is 5.78 Å². The van der Waals surface area contributed by atoms with Gasteiger partial charge in [-0.2, -0.15) is 0 Å². The minimum absolute atomic E-state index is 0.128. The van der Waals surface area contributed by atoms with Crippen molar-refractivity contribution in [1.29, 1.82) is 0 Å². The molecule has 172 valence electrons. The Morgan fingerprint density at radius 3 is 2.53 bits per heavy atom. The van der Waals surface area contributed by atoms with E-state index >= 15 is 0 Å². The van der Waals surface area contributed by atoms with Gasteiger partial charge in [0.1, 0.15) is 34.4 Å². The van der Waals surface area contributed by atoms with E-state index in [1.165, 1.54) is 6.92 Å². The summed E-state index contributed by atoms with van der Waals surface area (Å²) in [7, 11) is 1.64. The van der Waals surface area contributed by atoms with Crippen molar-refractivity contribution in [3.8, 4) is 22.9 Å². The molecule has 5 rings (SSSR count). The van der Waals surface area contributed by atoms with Crippen molar-refractivity contribution < 1.29 is 14.3 Å². The first-order valence-corrected chi connectivity index (χ1v) is 11.1. The van der Waals surface area contributed by atoms with Gasteiger partial charge in [-0.3, -0.25) is 13.6 Å². The summed E-state index contributed by atoms with van der Waals surface area (Å²) in [5.41, 5.74) is 3.62. The van der Waals surface area contributed by atoms with E-state index in [1.54, 1.807) is 11.5 Å². The van der Waals surface area contributed by atoms with Crippen LogP contribution in [0.3, 0.4) is 0 Å². The van der Waals surface area contributed by atoms with Crippen LogP contribution in [-0.2, 0) is 0 Å². The molecule has 5 aromatic rings. The molecule has 4 heterocycles. The molecular formula is C26H25N5O3. The van der Waals surface area contributed by atoms with E-state index in [4.69, 9.17) is 19.4 Å². The molecule has 0 radical (unpaired) electrons. The van der Waals surface area contributed by atoms with Gasteiger partial charge < -0.3 is 14.8 Å². The quantitative estimate of drug-likeness (QED) is 0.316. The molecule has 0 saturated heterocycles. The van der Waals surface area contributed by atoms with E-state index in [9.17, 15) is 4.79 Å². The zero-order valence-corrected chi connectivity index (χ0v) is 19.3. The molecule has 0 aliphatic carbocycles. The molecule has 34 heavy (non-hydrogen) atoms. The molecular weight excluding hydrogens is 430 g/mol. The molecule has 8 nitrogen and oxygen atoms in total. The number of imidazole rings is 2. The molecule has 0 fully saturated rings. The van der Waals surface area contributed by atoms with Gasteiger partial charge in [-0.1, -0.05) is 13.0 Å². The predicted octanol–water partition coefficient (Wildman–Crippen LogP) is 5.39. The Balaban J connectivity index is 1.71. The number of methoxy groups -OCH3 is 1. The fourth-order valence-electron chi connectivity index (χ4n) is 3.89. The molecule has 0 atom stereocenters. The summed E-state index contributed by atoms with van der Waals surface area (Å²) in [4.78, 5) is 22.0. The first kappa shape index (κ1) is 21.5. The molecule has 1 N–H and O–H groups in total. The smallest absolute Gasteiger partial charge is 0.195 e. The van der Waals surface area contributed by atoms with E-state index < -0.39 is 0 Å². The van der Waals surface area contributed by atoms with Gasteiger partial charge in [-0.05, 0) is 48.9 Å². The van der Waals surface area contributed by atoms with Crippen LogP contribution in [0, 0.1) is 0 Å². The van der Waals surface area contributed by atoms with Crippen molar-refractivity contribution in [3.05, 3.63) is 72.8 Å². The third-order valence-corrected chi connectivity index (χ3v) is 5.51. The highest BCUT2D eigenvalue weighted by atomic mass is 16.5. The lowest BCUT2D eigenvalue weighted by Crippen LogP contribution is -2.01. The van der Waals surface area contributed by atoms with E-state index in [1.807, 2.05) is 71.4 Å². The Labute approximate surface area is 196 Å². The number of carbonyl (C=O) groups excluding carboxylic acids is 1. The SMILES string of the molecule is CCCOc1ccn2c(C(C)=O)nc(-c3nc4ccccn4c3Nc3ccc(OC)cc3)c2c1. The van der Waals surface area contributed by atoms with Gasteiger partial charge in [-0.25, -0.2) is 9.97 Å². The van der Waals surface area contributed by atoms with Gasteiger partial charge >= 0.3 is 0 Å². The third-order valence-electron chi connectivity index (χ3n) is 5.51. The lowest BCUT2D eigenvalue weighted by molar-refractivity contribution is 0.100. The third kappa shape index (κ3) is 3.83. The molecule has 0 spiro atoms. The van der Waals surface area contributed by atoms with Crippen LogP contribution in [0.5, 0.6) is 11.5 Å². The fraction of sp³-hybridized carbons (Fsp3) is 0.192. The monoisotopic (exact) mass is 455 g/mol. The molecule has 0 aliphatic heterocycles. The number of nitrogens with one attached hydrogen (secondary N) is 1. The molecule has 0 bridgehead atoms. The fourth-order valence-corrected chi connectivity index (χ4v) is 3.89. The average molecular weight is 456 g/mol. The number of ether oxygens (including phenoxy) is 2. The van der Waals surface area contributed by atoms with Gasteiger partial charge in [0, 0.05) is 31.1 Å². The summed E-state index contributed by atoms with van der Waals surface area (Å²) in [6.45, 7) is 4.18. The van der Waals surface area contributed by atoms with Crippen LogP contribution in [0.4, 0.5) is 11.5 Å². The lowest BCUT2D eigenvalue weighted by Gasteiger charge is -2.09. The first-order valence-electron chi connectivity index (χ1n) is 11.1. The Morgan fingerprint density at radius 1 is 0.971 bits per heavy atom. The first-order chi connectivity index (χ1) is 16.6. The van der Waals surface area contributed by atoms with E-state index in [0.717, 1.165) is 40.6 Å². The summed E-state index contributed by atoms with van der Waals surface area (Å²) in [5, 5.41) is 3.48. The molecule has 4 aromatic heterocycles. The number of Topliss-reactive ketones (excluding diaryl/α,β-unsaturated/α-hetero) is 1. The standard InChI is InChI=1S/C26H25N5O3/c1-4-15-34-20-12-14-30-21(16-20)23(29-25(30)17(2)32)24-26(31-13-6-5-7-22(31)28-24)27-18-8-10-19(33-3)11-9-18/h5-14,16,27H,4,15H2,1-3H3. The van der Waals surface area contributed by atoms with Gasteiger partial charge in [0.25, 0.3) is 0 Å². The number of anilines is 2. The van der Waals surface area contributed by atoms with Crippen molar-refractivity contribution in [1.82, 2.24) is 18.8 Å². The maximum atomic E-state index is 12.4. The van der Waals surface area contributed by atoms with Crippen LogP contribution in [0.15, 0.2) is 67.0 Å². The number of hydrogen-bond acceptors (Lipinski definition) is 6. The van der Waals surface area contributed by atoms with Gasteiger partial charge in [0.2, 0.25) is 0 Å². The summed E-state index contributed by atoms with van der Waals surface area (Å²) in [5.74, 6) is 2.46. The number of benzene rings is 1. The lowest BCUT2D eigenvalue weighted by atomic mass is 10.2. The molecule has 0 unspecified atom stereocenters. The predicted molar refractivity (Wildman–Crippen MR) is 131 cm³/mol. The van der Waals surface area contributed by atoms with E-state index in [2.05, 4.69) is 12.2 Å². The number of pyridine rings is 2. The molecule has 1 aromatic carbocycles. The van der Waals surface area contributed by atoms with Crippen molar-refractivity contribution in [3.63, 3.8) is 0 Å². The second kappa shape index (κ2) is 8.90. The maximum absolute atomic E-state index is 12.4. The van der Waals surface area contributed by atoms with Crippen molar-refractivity contribution in [2.75, 3.05) is 19.0 Å². The minimum Gasteiger partial charge on any atom is -0.497 e. The second-order valence-electron chi connectivity index (χ2n) is 7.90. The minimum atomic E-state index is -0.128. The van der Waals surface area contributed by atoms with Gasteiger partial charge in [0.05, 0.1) is 19.2 Å². The number of ketones is 1. The summed E-state index contributed by atoms with van der Waals surface area (Å²) < 4.78 is 14.9. The van der Waals surface area contributed by atoms with Crippen molar-refractivity contribution in [2.24, 2.45) is 0 Å². The Bertz CT molecular complexity index is 1480. The molecule has 0 saturated carbocycles. The zero-order valence-electron chi connectivity index (χ0n) is 19.3. The van der Waals surface area contributed by atoms with Crippen molar-refractivity contribution >= 4 is 28.5 Å². The topological polar surface area (TPSA) is 82.2 Å². The summed E-state index contributed by atoms with van der Waals surface area (Å²) >= 11 is 0. The highest BCUT2D eigenvalue weighted by molar-refractivity contribution is 5.96. The molecule has 0 amide bonds. The van der Waals surface area contributed by atoms with Crippen LogP contribution >= 0.6 is 0 Å². The zero-order chi connectivity index (χ0) is 23.7. The van der Waals surface area contributed by atoms with E-state index in [0.29, 0.717) is 23.8 Å². The second-order valence-corrected chi connectivity index (χ2v) is 7.90. The maximum Gasteiger partial charge on any atom is 0.195 e. The normalized spacial score (nSPS) is 11.1. The highest BCUT2D eigenvalue weighted by Crippen LogP contribution is 2.35. The van der Waals surface area contributed by atoms with Crippen LogP contribution in [-0.4, -0.2) is 38.3 Å². The molecule has 8 heteroatoms. The van der Waals surface area contributed by atoms with Crippen molar-refractivity contribution in [2.45, 2.75) is 20.3 Å². The number of carbonyl (C=O) groups is 1. The Kier molecular flexibility index (Phi) is 5.63. The van der Waals surface area contributed by atoms with Crippen LogP contribution in [0.1, 0.15) is 30.9 Å². The Hall–Kier alpha value is -4.33.